The predicted octanol–water partition coefficient (Wildman–Crippen LogP) is 6.54. The molecule has 0 aromatic heterocycles. The smallest absolute Gasteiger partial charge is 0.203 e. The monoisotopic (exact) mass is 539 g/mol. The first-order chi connectivity index (χ1) is 18.4. The van der Waals surface area contributed by atoms with Crippen LogP contribution >= 0.6 is 11.6 Å². The Hall–Kier alpha value is -4.17. The first kappa shape index (κ1) is 28.4. The van der Waals surface area contributed by atoms with Crippen LogP contribution in [0.4, 0.5) is 5.69 Å². The third-order valence-corrected chi connectivity index (χ3v) is 5.91. The van der Waals surface area contributed by atoms with Gasteiger partial charge in [0, 0.05) is 18.2 Å². The van der Waals surface area contributed by atoms with Crippen LogP contribution in [0.2, 0.25) is 5.02 Å². The van der Waals surface area contributed by atoms with Crippen LogP contribution < -0.4 is 28.4 Å². The van der Waals surface area contributed by atoms with Gasteiger partial charge in [0.15, 0.2) is 28.8 Å². The molecule has 0 atom stereocenters. The van der Waals surface area contributed by atoms with E-state index in [1.54, 1.807) is 46.6 Å². The second kappa shape index (κ2) is 13.4. The maximum absolute atomic E-state index is 12.7. The summed E-state index contributed by atoms with van der Waals surface area (Å²) >= 11 is 6.15. The topological polar surface area (TPSA) is 84.8 Å². The quantitative estimate of drug-likeness (QED) is 0.147. The molecule has 0 amide bonds. The molecule has 8 nitrogen and oxygen atoms in total. The van der Waals surface area contributed by atoms with Crippen molar-refractivity contribution in [2.75, 3.05) is 42.7 Å². The molecule has 3 aromatic carbocycles. The van der Waals surface area contributed by atoms with Crippen LogP contribution in [-0.4, -0.2) is 54.7 Å². The van der Waals surface area contributed by atoms with Crippen molar-refractivity contribution in [1.29, 1.82) is 0 Å². The summed E-state index contributed by atoms with van der Waals surface area (Å²) in [5, 5.41) is 0.369. The Morgan fingerprint density at radius 1 is 0.711 bits per heavy atom. The minimum atomic E-state index is -0.136. The van der Waals surface area contributed by atoms with Crippen molar-refractivity contribution in [3.05, 3.63) is 64.2 Å². The van der Waals surface area contributed by atoms with Crippen LogP contribution in [0.25, 0.3) is 12.2 Å². The van der Waals surface area contributed by atoms with E-state index in [4.69, 9.17) is 40.0 Å². The van der Waals surface area contributed by atoms with Gasteiger partial charge in [-0.25, -0.2) is 0 Å². The molecule has 0 heterocycles. The number of aliphatic imine (C=N–C) groups is 1. The Kier molecular flexibility index (Phi) is 10.0. The van der Waals surface area contributed by atoms with E-state index in [0.29, 0.717) is 50.8 Å². The van der Waals surface area contributed by atoms with E-state index in [1.807, 2.05) is 36.4 Å². The van der Waals surface area contributed by atoms with Gasteiger partial charge in [0.2, 0.25) is 5.75 Å². The van der Waals surface area contributed by atoms with E-state index < -0.39 is 0 Å². The Morgan fingerprint density at radius 2 is 1.24 bits per heavy atom. The first-order valence-corrected chi connectivity index (χ1v) is 11.9. The summed E-state index contributed by atoms with van der Waals surface area (Å²) in [4.78, 5) is 17.2. The number of hydrogen-bond donors (Lipinski definition) is 0. The molecule has 3 aromatic rings. The van der Waals surface area contributed by atoms with Crippen molar-refractivity contribution < 1.29 is 33.2 Å². The number of Topliss-reactive ketones (excluding diaryl/α,β-unsaturated/α-hetero) is 1. The lowest BCUT2D eigenvalue weighted by Gasteiger charge is -2.13. The van der Waals surface area contributed by atoms with Gasteiger partial charge in [-0.1, -0.05) is 23.8 Å². The van der Waals surface area contributed by atoms with Crippen molar-refractivity contribution >= 4 is 41.4 Å². The fraction of sp³-hybridized carbons (Fsp3) is 0.241. The van der Waals surface area contributed by atoms with Gasteiger partial charge in [0.05, 0.1) is 47.7 Å². The Labute approximate surface area is 227 Å². The molecule has 0 saturated heterocycles. The molecule has 0 unspecified atom stereocenters. The normalized spacial score (nSPS) is 11.0. The van der Waals surface area contributed by atoms with Gasteiger partial charge < -0.3 is 28.4 Å². The fourth-order valence-corrected chi connectivity index (χ4v) is 3.99. The SMILES string of the molecule is COc1ccc(C(=O)CC=Nc2cc(/C=C\c3cc(OC)c(OC)c(OC)c3)cc(OC)c2OC)cc1Cl. The van der Waals surface area contributed by atoms with Gasteiger partial charge in [-0.3, -0.25) is 9.79 Å². The number of ketones is 1. The summed E-state index contributed by atoms with van der Waals surface area (Å²) in [6.45, 7) is 0. The molecule has 0 saturated carbocycles. The highest BCUT2D eigenvalue weighted by atomic mass is 35.5. The number of carbonyl (C=O) groups is 1. The van der Waals surface area contributed by atoms with E-state index in [9.17, 15) is 4.79 Å². The zero-order valence-corrected chi connectivity index (χ0v) is 22.9. The average molecular weight is 540 g/mol. The zero-order chi connectivity index (χ0) is 27.7. The molecule has 0 bridgehead atoms. The van der Waals surface area contributed by atoms with Crippen molar-refractivity contribution in [3.63, 3.8) is 0 Å². The van der Waals surface area contributed by atoms with Crippen molar-refractivity contribution in [1.82, 2.24) is 0 Å². The summed E-state index contributed by atoms with van der Waals surface area (Å²) < 4.78 is 32.5. The molecular formula is C29H30ClNO7. The van der Waals surface area contributed by atoms with Crippen LogP contribution in [-0.2, 0) is 0 Å². The number of methoxy groups -OCH3 is 6. The molecule has 3 rings (SSSR count). The summed E-state index contributed by atoms with van der Waals surface area (Å²) in [6.07, 6.45) is 5.40. The summed E-state index contributed by atoms with van der Waals surface area (Å²) in [5.41, 5.74) is 2.62. The lowest BCUT2D eigenvalue weighted by molar-refractivity contribution is 0.100. The molecule has 200 valence electrons. The summed E-state index contributed by atoms with van der Waals surface area (Å²) in [5.74, 6) is 2.93. The van der Waals surface area contributed by atoms with Crippen LogP contribution in [0.5, 0.6) is 34.5 Å². The lowest BCUT2D eigenvalue weighted by Crippen LogP contribution is -2.00. The highest BCUT2D eigenvalue weighted by Gasteiger charge is 2.14. The molecule has 38 heavy (non-hydrogen) atoms. The number of ether oxygens (including phenoxy) is 6. The van der Waals surface area contributed by atoms with E-state index in [2.05, 4.69) is 4.99 Å². The number of hydrogen-bond acceptors (Lipinski definition) is 8. The highest BCUT2D eigenvalue weighted by molar-refractivity contribution is 6.32. The van der Waals surface area contributed by atoms with Crippen LogP contribution in [0.1, 0.15) is 27.9 Å². The fourth-order valence-electron chi connectivity index (χ4n) is 3.73. The minimum absolute atomic E-state index is 0.0691. The Balaban J connectivity index is 1.88. The number of nitrogens with zero attached hydrogens (tertiary/aromatic N) is 1. The molecule has 0 radical (unpaired) electrons. The second-order valence-electron chi connectivity index (χ2n) is 7.86. The molecule has 0 aliphatic rings. The number of rotatable bonds is 12. The Bertz CT molecular complexity index is 1330. The molecule has 0 aliphatic heterocycles. The van der Waals surface area contributed by atoms with E-state index >= 15 is 0 Å². The minimum Gasteiger partial charge on any atom is -0.495 e. The number of benzene rings is 3. The molecular weight excluding hydrogens is 510 g/mol. The molecule has 0 spiro atoms. The lowest BCUT2D eigenvalue weighted by atomic mass is 10.1. The van der Waals surface area contributed by atoms with Gasteiger partial charge in [0.25, 0.3) is 0 Å². The zero-order valence-electron chi connectivity index (χ0n) is 22.2. The third kappa shape index (κ3) is 6.58. The van der Waals surface area contributed by atoms with Crippen molar-refractivity contribution in [3.8, 4) is 34.5 Å². The standard InChI is InChI=1S/C29H30ClNO7/c1-33-24-10-9-20(17-21(24)30)23(32)11-12-31-22-13-18(14-25(34-2)28(22)37-5)7-8-19-15-26(35-3)29(38-6)27(16-19)36-4/h7-10,12-17H,11H2,1-6H3/b8-7-,31-12?. The third-order valence-electron chi connectivity index (χ3n) is 5.62. The van der Waals surface area contributed by atoms with E-state index in [0.717, 1.165) is 11.1 Å². The summed E-state index contributed by atoms with van der Waals surface area (Å²) in [6, 6.07) is 12.2. The van der Waals surface area contributed by atoms with Crippen LogP contribution in [0, 0.1) is 0 Å². The van der Waals surface area contributed by atoms with Gasteiger partial charge in [0.1, 0.15) is 11.4 Å². The summed E-state index contributed by atoms with van der Waals surface area (Å²) in [7, 11) is 9.29. The number of carbonyl (C=O) groups excluding carboxylic acids is 1. The van der Waals surface area contributed by atoms with Gasteiger partial charge in [-0.05, 0) is 53.6 Å². The van der Waals surface area contributed by atoms with Crippen molar-refractivity contribution in [2.24, 2.45) is 4.99 Å². The largest absolute Gasteiger partial charge is 0.495 e. The maximum Gasteiger partial charge on any atom is 0.203 e. The average Bonchev–Trinajstić information content (AvgIpc) is 2.94. The molecule has 0 fully saturated rings. The first-order valence-electron chi connectivity index (χ1n) is 11.5. The maximum atomic E-state index is 12.7. The van der Waals surface area contributed by atoms with Crippen LogP contribution in [0.3, 0.4) is 0 Å². The van der Waals surface area contributed by atoms with Gasteiger partial charge in [-0.2, -0.15) is 0 Å². The van der Waals surface area contributed by atoms with Crippen molar-refractivity contribution in [2.45, 2.75) is 6.42 Å². The molecule has 0 N–H and O–H groups in total. The van der Waals surface area contributed by atoms with Gasteiger partial charge in [-0.15, -0.1) is 0 Å². The number of halogens is 1. The van der Waals surface area contributed by atoms with Crippen LogP contribution in [0.15, 0.2) is 47.5 Å². The highest BCUT2D eigenvalue weighted by Crippen LogP contribution is 2.40. The van der Waals surface area contributed by atoms with E-state index in [1.165, 1.54) is 20.4 Å². The predicted molar refractivity (Wildman–Crippen MR) is 150 cm³/mol. The van der Waals surface area contributed by atoms with Gasteiger partial charge >= 0.3 is 0 Å². The molecule has 0 aliphatic carbocycles. The second-order valence-corrected chi connectivity index (χ2v) is 8.26. The van der Waals surface area contributed by atoms with E-state index in [-0.39, 0.29) is 12.2 Å². The molecule has 9 heteroatoms. The Morgan fingerprint density at radius 3 is 1.74 bits per heavy atom.